The second-order valence-corrected chi connectivity index (χ2v) is 6.44. The Kier molecular flexibility index (Phi) is 5.67. The average molecular weight is 358 g/mol. The van der Waals surface area contributed by atoms with Crippen molar-refractivity contribution in [1.29, 1.82) is 0 Å². The van der Waals surface area contributed by atoms with Gasteiger partial charge >= 0.3 is 0 Å². The molecule has 0 radical (unpaired) electrons. The number of amides is 2. The van der Waals surface area contributed by atoms with Gasteiger partial charge in [0.25, 0.3) is 5.91 Å². The largest absolute Gasteiger partial charge is 0.346 e. The maximum Gasteiger partial charge on any atom is 0.251 e. The van der Waals surface area contributed by atoms with Gasteiger partial charge in [-0.25, -0.2) is 0 Å². The second kappa shape index (κ2) is 8.32. The van der Waals surface area contributed by atoms with Crippen molar-refractivity contribution >= 4 is 17.5 Å². The Balaban J connectivity index is 1.65. The van der Waals surface area contributed by atoms with Gasteiger partial charge in [0.1, 0.15) is 0 Å². The summed E-state index contributed by atoms with van der Waals surface area (Å²) in [7, 11) is 0. The van der Waals surface area contributed by atoms with Gasteiger partial charge in [-0.1, -0.05) is 54.6 Å². The van der Waals surface area contributed by atoms with Gasteiger partial charge in [-0.15, -0.1) is 0 Å². The van der Waals surface area contributed by atoms with Gasteiger partial charge in [0.2, 0.25) is 5.91 Å². The summed E-state index contributed by atoms with van der Waals surface area (Å²) < 4.78 is 0. The van der Waals surface area contributed by atoms with Gasteiger partial charge in [0.15, 0.2) is 0 Å². The predicted molar refractivity (Wildman–Crippen MR) is 109 cm³/mol. The summed E-state index contributed by atoms with van der Waals surface area (Å²) in [6.45, 7) is 3.41. The van der Waals surface area contributed by atoms with Crippen LogP contribution in [0.2, 0.25) is 0 Å². The van der Waals surface area contributed by atoms with Gasteiger partial charge in [-0.2, -0.15) is 0 Å². The Bertz CT molecular complexity index is 917. The van der Waals surface area contributed by atoms with Crippen LogP contribution in [0.25, 0.3) is 11.1 Å². The Labute approximate surface area is 159 Å². The summed E-state index contributed by atoms with van der Waals surface area (Å²) >= 11 is 0. The van der Waals surface area contributed by atoms with Crippen molar-refractivity contribution in [1.82, 2.24) is 5.32 Å². The first kappa shape index (κ1) is 18.4. The molecule has 2 N–H and O–H groups in total. The molecule has 0 aliphatic carbocycles. The highest BCUT2D eigenvalue weighted by Gasteiger charge is 2.12. The van der Waals surface area contributed by atoms with Crippen LogP contribution in [-0.4, -0.2) is 11.8 Å². The van der Waals surface area contributed by atoms with Crippen molar-refractivity contribution in [2.45, 2.75) is 19.9 Å². The van der Waals surface area contributed by atoms with E-state index in [2.05, 4.69) is 34.9 Å². The van der Waals surface area contributed by atoms with Gasteiger partial charge in [-0.3, -0.25) is 9.59 Å². The molecular formula is C23H22N2O2. The number of hydrogen-bond acceptors (Lipinski definition) is 2. The molecule has 136 valence electrons. The van der Waals surface area contributed by atoms with Crippen molar-refractivity contribution in [3.05, 3.63) is 90.0 Å². The summed E-state index contributed by atoms with van der Waals surface area (Å²) in [6, 6.07) is 25.1. The third-order valence-electron chi connectivity index (χ3n) is 4.33. The third-order valence-corrected chi connectivity index (χ3v) is 4.33. The summed E-state index contributed by atoms with van der Waals surface area (Å²) in [6.07, 6.45) is 0. The van der Waals surface area contributed by atoms with E-state index in [9.17, 15) is 9.59 Å². The molecule has 0 saturated carbocycles. The number of carbonyl (C=O) groups is 2. The fraction of sp³-hybridized carbons (Fsp3) is 0.130. The Morgan fingerprint density at radius 3 is 1.96 bits per heavy atom. The van der Waals surface area contributed by atoms with Crippen molar-refractivity contribution in [2.75, 3.05) is 5.32 Å². The van der Waals surface area contributed by atoms with Crippen LogP contribution in [0.15, 0.2) is 78.9 Å². The minimum Gasteiger partial charge on any atom is -0.346 e. The minimum atomic E-state index is -0.149. The summed E-state index contributed by atoms with van der Waals surface area (Å²) in [5.74, 6) is -0.288. The van der Waals surface area contributed by atoms with Crippen LogP contribution in [-0.2, 0) is 4.79 Å². The number of rotatable bonds is 5. The summed E-state index contributed by atoms with van der Waals surface area (Å²) in [5.41, 5.74) is 4.57. The van der Waals surface area contributed by atoms with Crippen LogP contribution >= 0.6 is 0 Å². The van der Waals surface area contributed by atoms with Crippen molar-refractivity contribution < 1.29 is 9.59 Å². The molecule has 27 heavy (non-hydrogen) atoms. The average Bonchev–Trinajstić information content (AvgIpc) is 2.69. The van der Waals surface area contributed by atoms with Crippen molar-refractivity contribution in [3.8, 4) is 11.1 Å². The van der Waals surface area contributed by atoms with E-state index < -0.39 is 0 Å². The molecule has 1 unspecified atom stereocenters. The molecule has 4 nitrogen and oxygen atoms in total. The summed E-state index contributed by atoms with van der Waals surface area (Å²) in [5, 5.41) is 5.69. The second-order valence-electron chi connectivity index (χ2n) is 6.44. The molecule has 0 aliphatic rings. The highest BCUT2D eigenvalue weighted by Crippen LogP contribution is 2.22. The SMILES string of the molecule is CC(=O)Nc1ccc(C(=O)NC(C)c2ccc(-c3ccccc3)cc2)cc1. The van der Waals surface area contributed by atoms with E-state index >= 15 is 0 Å². The standard InChI is InChI=1S/C23H22N2O2/c1-16(18-8-10-20(11-9-18)19-6-4-3-5-7-19)24-23(27)21-12-14-22(15-13-21)25-17(2)26/h3-16H,1-2H3,(H,24,27)(H,25,26). The highest BCUT2D eigenvalue weighted by atomic mass is 16.2. The lowest BCUT2D eigenvalue weighted by molar-refractivity contribution is -0.114. The molecule has 0 fully saturated rings. The minimum absolute atomic E-state index is 0.114. The van der Waals surface area contributed by atoms with E-state index in [4.69, 9.17) is 0 Å². The molecule has 3 rings (SSSR count). The zero-order valence-corrected chi connectivity index (χ0v) is 15.4. The smallest absolute Gasteiger partial charge is 0.251 e. The van der Waals surface area contributed by atoms with Gasteiger partial charge in [-0.05, 0) is 47.9 Å². The molecule has 0 aromatic heterocycles. The predicted octanol–water partition coefficient (Wildman–Crippen LogP) is 4.80. The first-order chi connectivity index (χ1) is 13.0. The molecule has 3 aromatic rings. The van der Waals surface area contributed by atoms with E-state index in [1.165, 1.54) is 12.5 Å². The first-order valence-electron chi connectivity index (χ1n) is 8.87. The highest BCUT2D eigenvalue weighted by molar-refractivity contribution is 5.95. The van der Waals surface area contributed by atoms with Gasteiger partial charge < -0.3 is 10.6 Å². The number of nitrogens with one attached hydrogen (secondary N) is 2. The van der Waals surface area contributed by atoms with Crippen LogP contribution in [0, 0.1) is 0 Å². The number of carbonyl (C=O) groups excluding carboxylic acids is 2. The fourth-order valence-electron chi connectivity index (χ4n) is 2.87. The first-order valence-corrected chi connectivity index (χ1v) is 8.87. The van der Waals surface area contributed by atoms with E-state index in [1.807, 2.05) is 37.3 Å². The van der Waals surface area contributed by atoms with E-state index in [-0.39, 0.29) is 17.9 Å². The monoisotopic (exact) mass is 358 g/mol. The molecular weight excluding hydrogens is 336 g/mol. The van der Waals surface area contributed by atoms with Crippen LogP contribution in [0.3, 0.4) is 0 Å². The normalized spacial score (nSPS) is 11.5. The number of benzene rings is 3. The third kappa shape index (κ3) is 4.82. The molecule has 0 saturated heterocycles. The lowest BCUT2D eigenvalue weighted by atomic mass is 10.0. The number of hydrogen-bond donors (Lipinski definition) is 2. The topological polar surface area (TPSA) is 58.2 Å². The zero-order valence-electron chi connectivity index (χ0n) is 15.4. The van der Waals surface area contributed by atoms with E-state index in [1.54, 1.807) is 24.3 Å². The van der Waals surface area contributed by atoms with Crippen LogP contribution in [0.4, 0.5) is 5.69 Å². The maximum absolute atomic E-state index is 12.5. The molecule has 3 aromatic carbocycles. The Hall–Kier alpha value is -3.40. The van der Waals surface area contributed by atoms with E-state index in [0.717, 1.165) is 11.1 Å². The Morgan fingerprint density at radius 1 is 0.778 bits per heavy atom. The zero-order chi connectivity index (χ0) is 19.2. The maximum atomic E-state index is 12.5. The van der Waals surface area contributed by atoms with E-state index in [0.29, 0.717) is 11.3 Å². The van der Waals surface area contributed by atoms with Crippen molar-refractivity contribution in [2.24, 2.45) is 0 Å². The Morgan fingerprint density at radius 2 is 1.37 bits per heavy atom. The molecule has 0 spiro atoms. The van der Waals surface area contributed by atoms with Gasteiger partial charge in [0, 0.05) is 18.2 Å². The molecule has 1 atom stereocenters. The van der Waals surface area contributed by atoms with Crippen LogP contribution < -0.4 is 10.6 Å². The number of anilines is 1. The molecule has 4 heteroatoms. The lowest BCUT2D eigenvalue weighted by Gasteiger charge is -2.15. The van der Waals surface area contributed by atoms with Crippen molar-refractivity contribution in [3.63, 3.8) is 0 Å². The molecule has 0 heterocycles. The molecule has 0 bridgehead atoms. The lowest BCUT2D eigenvalue weighted by Crippen LogP contribution is -2.26. The fourth-order valence-corrected chi connectivity index (χ4v) is 2.87. The van der Waals surface area contributed by atoms with Gasteiger partial charge in [0.05, 0.1) is 6.04 Å². The molecule has 0 aliphatic heterocycles. The summed E-state index contributed by atoms with van der Waals surface area (Å²) in [4.78, 5) is 23.5. The molecule has 2 amide bonds. The quantitative estimate of drug-likeness (QED) is 0.688. The van der Waals surface area contributed by atoms with Crippen LogP contribution in [0.1, 0.15) is 35.8 Å². The van der Waals surface area contributed by atoms with Crippen LogP contribution in [0.5, 0.6) is 0 Å².